The van der Waals surface area contributed by atoms with Gasteiger partial charge in [-0.3, -0.25) is 9.59 Å². The Bertz CT molecular complexity index is 769. The molecule has 0 aromatic heterocycles. The molecule has 4 heteroatoms. The Kier molecular flexibility index (Phi) is 6.19. The molecular weight excluding hydrogens is 324 g/mol. The van der Waals surface area contributed by atoms with Crippen molar-refractivity contribution in [3.63, 3.8) is 0 Å². The molecular formula is C22H28N2O2. The van der Waals surface area contributed by atoms with Crippen molar-refractivity contribution in [1.82, 2.24) is 4.90 Å². The highest BCUT2D eigenvalue weighted by Crippen LogP contribution is 2.22. The lowest BCUT2D eigenvalue weighted by molar-refractivity contribution is 0.0772. The first-order valence-corrected chi connectivity index (χ1v) is 9.07. The van der Waals surface area contributed by atoms with E-state index in [1.807, 2.05) is 38.1 Å². The molecule has 0 atom stereocenters. The molecule has 26 heavy (non-hydrogen) atoms. The molecule has 1 N–H and O–H groups in total. The van der Waals surface area contributed by atoms with Gasteiger partial charge in [-0.1, -0.05) is 39.0 Å². The molecule has 138 valence electrons. The fourth-order valence-electron chi connectivity index (χ4n) is 2.75. The summed E-state index contributed by atoms with van der Waals surface area (Å²) in [4.78, 5) is 26.7. The topological polar surface area (TPSA) is 49.4 Å². The number of benzene rings is 2. The maximum atomic E-state index is 12.5. The minimum atomic E-state index is -0.183. The highest BCUT2D eigenvalue weighted by atomic mass is 16.2. The molecule has 0 saturated carbocycles. The van der Waals surface area contributed by atoms with Crippen LogP contribution in [0.4, 0.5) is 5.69 Å². The SMILES string of the molecule is CCN(CC)C(=O)c1cccc(NC(=O)c2ccc(C(C)(C)C)cc2)c1. The van der Waals surface area contributed by atoms with Gasteiger partial charge < -0.3 is 10.2 Å². The van der Waals surface area contributed by atoms with Crippen molar-refractivity contribution in [2.24, 2.45) is 0 Å². The van der Waals surface area contributed by atoms with E-state index in [9.17, 15) is 9.59 Å². The molecule has 4 nitrogen and oxygen atoms in total. The third kappa shape index (κ3) is 4.72. The zero-order valence-electron chi connectivity index (χ0n) is 16.3. The lowest BCUT2D eigenvalue weighted by Gasteiger charge is -2.19. The Labute approximate surface area is 156 Å². The zero-order chi connectivity index (χ0) is 19.3. The van der Waals surface area contributed by atoms with Crippen LogP contribution in [0.1, 0.15) is 60.9 Å². The Morgan fingerprint density at radius 1 is 0.923 bits per heavy atom. The van der Waals surface area contributed by atoms with Crippen LogP contribution in [-0.4, -0.2) is 29.8 Å². The van der Waals surface area contributed by atoms with E-state index >= 15 is 0 Å². The second-order valence-corrected chi connectivity index (χ2v) is 7.34. The summed E-state index contributed by atoms with van der Waals surface area (Å²) in [6.45, 7) is 11.6. The molecule has 0 unspecified atom stereocenters. The van der Waals surface area contributed by atoms with Crippen molar-refractivity contribution in [2.75, 3.05) is 18.4 Å². The first kappa shape index (κ1) is 19.7. The molecule has 0 aliphatic carbocycles. The van der Waals surface area contributed by atoms with Crippen molar-refractivity contribution in [3.05, 3.63) is 65.2 Å². The van der Waals surface area contributed by atoms with Crippen molar-refractivity contribution in [3.8, 4) is 0 Å². The number of carbonyl (C=O) groups is 2. The molecule has 0 radical (unpaired) electrons. The zero-order valence-corrected chi connectivity index (χ0v) is 16.3. The van der Waals surface area contributed by atoms with E-state index in [4.69, 9.17) is 0 Å². The van der Waals surface area contributed by atoms with Crippen molar-refractivity contribution < 1.29 is 9.59 Å². The molecule has 0 saturated heterocycles. The molecule has 2 amide bonds. The maximum Gasteiger partial charge on any atom is 0.255 e. The van der Waals surface area contributed by atoms with E-state index in [1.165, 1.54) is 5.56 Å². The van der Waals surface area contributed by atoms with E-state index < -0.39 is 0 Å². The smallest absolute Gasteiger partial charge is 0.255 e. The summed E-state index contributed by atoms with van der Waals surface area (Å²) in [5.74, 6) is -0.210. The van der Waals surface area contributed by atoms with Gasteiger partial charge in [-0.2, -0.15) is 0 Å². The Morgan fingerprint density at radius 2 is 1.54 bits per heavy atom. The number of anilines is 1. The number of rotatable bonds is 5. The van der Waals surface area contributed by atoms with E-state index in [-0.39, 0.29) is 17.2 Å². The summed E-state index contributed by atoms with van der Waals surface area (Å²) in [7, 11) is 0. The van der Waals surface area contributed by atoms with E-state index in [0.29, 0.717) is 29.9 Å². The number of carbonyl (C=O) groups excluding carboxylic acids is 2. The summed E-state index contributed by atoms with van der Waals surface area (Å²) >= 11 is 0. The first-order valence-electron chi connectivity index (χ1n) is 9.07. The highest BCUT2D eigenvalue weighted by molar-refractivity contribution is 6.05. The molecule has 0 heterocycles. The third-order valence-electron chi connectivity index (χ3n) is 4.43. The third-order valence-corrected chi connectivity index (χ3v) is 4.43. The van der Waals surface area contributed by atoms with Gasteiger partial charge in [-0.25, -0.2) is 0 Å². The summed E-state index contributed by atoms with van der Waals surface area (Å²) < 4.78 is 0. The van der Waals surface area contributed by atoms with Gasteiger partial charge in [0.1, 0.15) is 0 Å². The monoisotopic (exact) mass is 352 g/mol. The molecule has 2 aromatic carbocycles. The quantitative estimate of drug-likeness (QED) is 0.846. The van der Waals surface area contributed by atoms with Crippen molar-refractivity contribution >= 4 is 17.5 Å². The van der Waals surface area contributed by atoms with Gasteiger partial charge in [0.25, 0.3) is 11.8 Å². The van der Waals surface area contributed by atoms with Gasteiger partial charge in [-0.05, 0) is 55.2 Å². The van der Waals surface area contributed by atoms with Gasteiger partial charge in [0.05, 0.1) is 0 Å². The Hall–Kier alpha value is -2.62. The number of amides is 2. The van der Waals surface area contributed by atoms with E-state index in [1.54, 1.807) is 29.2 Å². The van der Waals surface area contributed by atoms with Gasteiger partial charge in [0.15, 0.2) is 0 Å². The van der Waals surface area contributed by atoms with E-state index in [2.05, 4.69) is 26.1 Å². The van der Waals surface area contributed by atoms with Crippen LogP contribution in [-0.2, 0) is 5.41 Å². The molecule has 2 rings (SSSR count). The summed E-state index contributed by atoms with van der Waals surface area (Å²) in [6.07, 6.45) is 0. The lowest BCUT2D eigenvalue weighted by Crippen LogP contribution is -2.30. The molecule has 0 aliphatic heterocycles. The van der Waals surface area contributed by atoms with Gasteiger partial charge in [0, 0.05) is 29.9 Å². The minimum absolute atomic E-state index is 0.0272. The Morgan fingerprint density at radius 3 is 2.08 bits per heavy atom. The summed E-state index contributed by atoms with van der Waals surface area (Å²) in [5.41, 5.74) is 3.02. The average molecular weight is 352 g/mol. The van der Waals surface area contributed by atoms with Crippen LogP contribution in [0, 0.1) is 0 Å². The van der Waals surface area contributed by atoms with Crippen LogP contribution < -0.4 is 5.32 Å². The normalized spacial score (nSPS) is 11.1. The predicted octanol–water partition coefficient (Wildman–Crippen LogP) is 4.72. The fraction of sp³-hybridized carbons (Fsp3) is 0.364. The molecule has 0 fully saturated rings. The standard InChI is InChI=1S/C22H28N2O2/c1-6-24(7-2)21(26)17-9-8-10-19(15-17)23-20(25)16-11-13-18(14-12-16)22(3,4)5/h8-15H,6-7H2,1-5H3,(H,23,25). The van der Waals surface area contributed by atoms with Crippen LogP contribution in [0.25, 0.3) is 0 Å². The second-order valence-electron chi connectivity index (χ2n) is 7.34. The van der Waals surface area contributed by atoms with Crippen LogP contribution in [0.3, 0.4) is 0 Å². The average Bonchev–Trinajstić information content (AvgIpc) is 2.62. The van der Waals surface area contributed by atoms with Gasteiger partial charge >= 0.3 is 0 Å². The maximum absolute atomic E-state index is 12.5. The van der Waals surface area contributed by atoms with Crippen molar-refractivity contribution in [2.45, 2.75) is 40.0 Å². The molecule has 0 spiro atoms. The number of nitrogens with zero attached hydrogens (tertiary/aromatic N) is 1. The fourth-order valence-corrected chi connectivity index (χ4v) is 2.75. The Balaban J connectivity index is 2.14. The summed E-state index contributed by atoms with van der Waals surface area (Å²) in [6, 6.07) is 14.7. The van der Waals surface area contributed by atoms with Crippen LogP contribution >= 0.6 is 0 Å². The van der Waals surface area contributed by atoms with Crippen LogP contribution in [0.2, 0.25) is 0 Å². The minimum Gasteiger partial charge on any atom is -0.339 e. The number of hydrogen-bond donors (Lipinski definition) is 1. The predicted molar refractivity (Wildman–Crippen MR) is 107 cm³/mol. The van der Waals surface area contributed by atoms with Crippen molar-refractivity contribution in [1.29, 1.82) is 0 Å². The van der Waals surface area contributed by atoms with E-state index in [0.717, 1.165) is 0 Å². The van der Waals surface area contributed by atoms with Crippen LogP contribution in [0.5, 0.6) is 0 Å². The lowest BCUT2D eigenvalue weighted by atomic mass is 9.87. The first-order chi connectivity index (χ1) is 12.3. The van der Waals surface area contributed by atoms with Gasteiger partial charge in [0.2, 0.25) is 0 Å². The second kappa shape index (κ2) is 8.17. The highest BCUT2D eigenvalue weighted by Gasteiger charge is 2.15. The molecule has 0 aliphatic rings. The van der Waals surface area contributed by atoms with Gasteiger partial charge in [-0.15, -0.1) is 0 Å². The molecule has 0 bridgehead atoms. The molecule has 2 aromatic rings. The summed E-state index contributed by atoms with van der Waals surface area (Å²) in [5, 5.41) is 2.88. The largest absolute Gasteiger partial charge is 0.339 e. The number of hydrogen-bond acceptors (Lipinski definition) is 2. The number of nitrogens with one attached hydrogen (secondary N) is 1. The van der Waals surface area contributed by atoms with Crippen LogP contribution in [0.15, 0.2) is 48.5 Å².